The second-order valence-electron chi connectivity index (χ2n) is 4.26. The van der Waals surface area contributed by atoms with Crippen molar-refractivity contribution in [2.75, 3.05) is 6.54 Å². The van der Waals surface area contributed by atoms with Gasteiger partial charge in [0.25, 0.3) is 0 Å². The lowest BCUT2D eigenvalue weighted by atomic mass is 9.85. The zero-order valence-corrected chi connectivity index (χ0v) is 9.09. The molecule has 3 nitrogen and oxygen atoms in total. The summed E-state index contributed by atoms with van der Waals surface area (Å²) in [5, 5.41) is 3.53. The van der Waals surface area contributed by atoms with Crippen LogP contribution >= 0.6 is 0 Å². The molecular weight excluding hydrogens is 176 g/mol. The van der Waals surface area contributed by atoms with E-state index in [9.17, 15) is 4.79 Å². The molecule has 0 aromatic heterocycles. The predicted octanol–water partition coefficient (Wildman–Crippen LogP) is 1.42. The first-order valence-electron chi connectivity index (χ1n) is 5.76. The maximum atomic E-state index is 10.9. The Morgan fingerprint density at radius 1 is 1.36 bits per heavy atom. The first kappa shape index (κ1) is 11.5. The molecule has 0 aromatic carbocycles. The van der Waals surface area contributed by atoms with Gasteiger partial charge in [-0.3, -0.25) is 4.79 Å². The lowest BCUT2D eigenvalue weighted by Crippen LogP contribution is -2.37. The van der Waals surface area contributed by atoms with E-state index in [-0.39, 0.29) is 11.8 Å². The van der Waals surface area contributed by atoms with Crippen LogP contribution in [-0.2, 0) is 4.79 Å². The first-order chi connectivity index (χ1) is 6.74. The van der Waals surface area contributed by atoms with Crippen molar-refractivity contribution >= 4 is 5.91 Å². The van der Waals surface area contributed by atoms with Gasteiger partial charge in [0.15, 0.2) is 0 Å². The van der Waals surface area contributed by atoms with Crippen molar-refractivity contribution in [3.05, 3.63) is 0 Å². The van der Waals surface area contributed by atoms with E-state index in [1.165, 1.54) is 12.8 Å². The lowest BCUT2D eigenvalue weighted by Gasteiger charge is -2.27. The van der Waals surface area contributed by atoms with Crippen LogP contribution in [-0.4, -0.2) is 18.5 Å². The Morgan fingerprint density at radius 2 is 2.00 bits per heavy atom. The minimum Gasteiger partial charge on any atom is -0.369 e. The van der Waals surface area contributed by atoms with Gasteiger partial charge < -0.3 is 11.1 Å². The van der Waals surface area contributed by atoms with Gasteiger partial charge in [0.05, 0.1) is 0 Å². The normalized spacial score (nSPS) is 27.5. The maximum Gasteiger partial charge on any atom is 0.220 e. The molecule has 1 fully saturated rings. The molecule has 3 N–H and O–H groups in total. The molecule has 1 aliphatic carbocycles. The number of amides is 1. The molecular formula is C11H22N2O. The van der Waals surface area contributed by atoms with E-state index in [2.05, 4.69) is 12.2 Å². The Labute approximate surface area is 86.4 Å². The third kappa shape index (κ3) is 3.66. The summed E-state index contributed by atoms with van der Waals surface area (Å²) in [7, 11) is 0. The topological polar surface area (TPSA) is 55.1 Å². The van der Waals surface area contributed by atoms with Gasteiger partial charge in [0, 0.05) is 12.0 Å². The van der Waals surface area contributed by atoms with E-state index in [0.29, 0.717) is 6.04 Å². The molecule has 0 radical (unpaired) electrons. The molecule has 0 aromatic rings. The second kappa shape index (κ2) is 6.02. The van der Waals surface area contributed by atoms with Gasteiger partial charge in [0.1, 0.15) is 0 Å². The molecule has 1 amide bonds. The van der Waals surface area contributed by atoms with Gasteiger partial charge in [-0.05, 0) is 38.6 Å². The van der Waals surface area contributed by atoms with Gasteiger partial charge in [-0.15, -0.1) is 0 Å². The molecule has 14 heavy (non-hydrogen) atoms. The Balaban J connectivity index is 2.12. The minimum atomic E-state index is -0.114. The van der Waals surface area contributed by atoms with Crippen LogP contribution < -0.4 is 11.1 Å². The van der Waals surface area contributed by atoms with Gasteiger partial charge in [-0.1, -0.05) is 13.3 Å². The van der Waals surface area contributed by atoms with Crippen molar-refractivity contribution in [3.8, 4) is 0 Å². The zero-order valence-electron chi connectivity index (χ0n) is 9.09. The number of unbranched alkanes of at least 4 members (excludes halogenated alkanes) is 1. The molecule has 0 spiro atoms. The molecule has 1 aliphatic rings. The van der Waals surface area contributed by atoms with E-state index in [1.54, 1.807) is 0 Å². The fourth-order valence-corrected chi connectivity index (χ4v) is 2.07. The zero-order chi connectivity index (χ0) is 10.4. The van der Waals surface area contributed by atoms with Crippen LogP contribution in [0.1, 0.15) is 45.4 Å². The van der Waals surface area contributed by atoms with Crippen LogP contribution in [0, 0.1) is 5.92 Å². The van der Waals surface area contributed by atoms with Gasteiger partial charge >= 0.3 is 0 Å². The summed E-state index contributed by atoms with van der Waals surface area (Å²) in [6.45, 7) is 3.31. The van der Waals surface area contributed by atoms with E-state index in [0.717, 1.165) is 32.2 Å². The summed E-state index contributed by atoms with van der Waals surface area (Å²) in [4.78, 5) is 10.9. The van der Waals surface area contributed by atoms with Crippen LogP contribution in [0.25, 0.3) is 0 Å². The average Bonchev–Trinajstić information content (AvgIpc) is 2.19. The highest BCUT2D eigenvalue weighted by molar-refractivity contribution is 5.76. The van der Waals surface area contributed by atoms with E-state index >= 15 is 0 Å². The smallest absolute Gasteiger partial charge is 0.220 e. The first-order valence-corrected chi connectivity index (χ1v) is 5.76. The van der Waals surface area contributed by atoms with Crippen molar-refractivity contribution in [3.63, 3.8) is 0 Å². The van der Waals surface area contributed by atoms with Crippen LogP contribution in [0.2, 0.25) is 0 Å². The number of carbonyl (C=O) groups excluding carboxylic acids is 1. The quantitative estimate of drug-likeness (QED) is 0.656. The highest BCUT2D eigenvalue weighted by atomic mass is 16.1. The van der Waals surface area contributed by atoms with E-state index in [1.807, 2.05) is 0 Å². The fraction of sp³-hybridized carbons (Fsp3) is 0.909. The molecule has 0 heterocycles. The summed E-state index contributed by atoms with van der Waals surface area (Å²) in [6, 6.07) is 0.622. The molecule has 1 saturated carbocycles. The van der Waals surface area contributed by atoms with Crippen molar-refractivity contribution < 1.29 is 4.79 Å². The summed E-state index contributed by atoms with van der Waals surface area (Å²) >= 11 is 0. The van der Waals surface area contributed by atoms with E-state index in [4.69, 9.17) is 5.73 Å². The lowest BCUT2D eigenvalue weighted by molar-refractivity contribution is -0.122. The third-order valence-electron chi connectivity index (χ3n) is 3.09. The number of hydrogen-bond donors (Lipinski definition) is 2. The van der Waals surface area contributed by atoms with E-state index < -0.39 is 0 Å². The highest BCUT2D eigenvalue weighted by Gasteiger charge is 2.23. The molecule has 0 bridgehead atoms. The van der Waals surface area contributed by atoms with Crippen LogP contribution in [0.15, 0.2) is 0 Å². The van der Waals surface area contributed by atoms with Crippen molar-refractivity contribution in [2.45, 2.75) is 51.5 Å². The molecule has 82 valence electrons. The number of rotatable bonds is 5. The Kier molecular flexibility index (Phi) is 4.94. The summed E-state index contributed by atoms with van der Waals surface area (Å²) < 4.78 is 0. The van der Waals surface area contributed by atoms with Gasteiger partial charge in [-0.2, -0.15) is 0 Å². The number of nitrogens with one attached hydrogen (secondary N) is 1. The molecule has 0 saturated heterocycles. The van der Waals surface area contributed by atoms with Crippen LogP contribution in [0.5, 0.6) is 0 Å². The number of carbonyl (C=O) groups is 1. The maximum absolute atomic E-state index is 10.9. The molecule has 0 unspecified atom stereocenters. The monoisotopic (exact) mass is 198 g/mol. The van der Waals surface area contributed by atoms with Crippen molar-refractivity contribution in [2.24, 2.45) is 11.7 Å². The summed E-state index contributed by atoms with van der Waals surface area (Å²) in [6.07, 6.45) is 6.65. The third-order valence-corrected chi connectivity index (χ3v) is 3.09. The fourth-order valence-electron chi connectivity index (χ4n) is 2.07. The Hall–Kier alpha value is -0.570. The number of primary amides is 1. The summed E-state index contributed by atoms with van der Waals surface area (Å²) in [5.74, 6) is 0.0243. The van der Waals surface area contributed by atoms with Gasteiger partial charge in [-0.25, -0.2) is 0 Å². The van der Waals surface area contributed by atoms with Crippen molar-refractivity contribution in [1.82, 2.24) is 5.32 Å². The highest BCUT2D eigenvalue weighted by Crippen LogP contribution is 2.23. The average molecular weight is 198 g/mol. The standard InChI is InChI=1S/C11H22N2O/c1-2-3-8-13-10-6-4-9(5-7-10)11(12)14/h9-10,13H,2-8H2,1H3,(H2,12,14). The summed E-state index contributed by atoms with van der Waals surface area (Å²) in [5.41, 5.74) is 5.27. The molecule has 1 rings (SSSR count). The molecule has 0 atom stereocenters. The Bertz CT molecular complexity index is 174. The van der Waals surface area contributed by atoms with Crippen LogP contribution in [0.3, 0.4) is 0 Å². The number of hydrogen-bond acceptors (Lipinski definition) is 2. The van der Waals surface area contributed by atoms with Crippen LogP contribution in [0.4, 0.5) is 0 Å². The number of nitrogens with two attached hydrogens (primary N) is 1. The van der Waals surface area contributed by atoms with Gasteiger partial charge in [0.2, 0.25) is 5.91 Å². The minimum absolute atomic E-state index is 0.114. The molecule has 3 heteroatoms. The molecule has 0 aliphatic heterocycles. The van der Waals surface area contributed by atoms with Crippen molar-refractivity contribution in [1.29, 1.82) is 0 Å². The predicted molar refractivity (Wildman–Crippen MR) is 57.9 cm³/mol. The Morgan fingerprint density at radius 3 is 2.50 bits per heavy atom. The SMILES string of the molecule is CCCCNC1CCC(C(N)=O)CC1. The largest absolute Gasteiger partial charge is 0.369 e. The second-order valence-corrected chi connectivity index (χ2v) is 4.26.